The van der Waals surface area contributed by atoms with Crippen molar-refractivity contribution in [2.75, 3.05) is 10.6 Å². The fourth-order valence-electron chi connectivity index (χ4n) is 3.76. The molecule has 6 aromatic rings. The van der Waals surface area contributed by atoms with Crippen LogP contribution in [-0.4, -0.2) is 35.3 Å². The van der Waals surface area contributed by atoms with Crippen molar-refractivity contribution in [2.45, 2.75) is 0 Å². The van der Waals surface area contributed by atoms with Gasteiger partial charge in [0.05, 0.1) is 46.7 Å². The van der Waals surface area contributed by atoms with Gasteiger partial charge in [0.1, 0.15) is 5.82 Å². The van der Waals surface area contributed by atoms with Crippen molar-refractivity contribution in [3.8, 4) is 11.4 Å². The second-order valence-electron chi connectivity index (χ2n) is 7.90. The van der Waals surface area contributed by atoms with Gasteiger partial charge >= 0.3 is 0 Å². The van der Waals surface area contributed by atoms with Crippen molar-refractivity contribution in [3.63, 3.8) is 0 Å². The van der Waals surface area contributed by atoms with E-state index in [2.05, 4.69) is 42.6 Å². The first-order valence-corrected chi connectivity index (χ1v) is 10.9. The summed E-state index contributed by atoms with van der Waals surface area (Å²) in [4.78, 5) is 14.0. The maximum absolute atomic E-state index is 4.79. The summed E-state index contributed by atoms with van der Waals surface area (Å²) in [5, 5.41) is 23.3. The number of nitrogens with one attached hydrogen (secondary N) is 3. The predicted molar refractivity (Wildman–Crippen MR) is 137 cm³/mol. The van der Waals surface area contributed by atoms with Gasteiger partial charge in [0.2, 0.25) is 0 Å². The molecule has 4 aromatic heterocycles. The molecule has 6 rings (SSSR count). The molecule has 0 fully saturated rings. The van der Waals surface area contributed by atoms with Gasteiger partial charge in [-0.05, 0) is 42.5 Å². The van der Waals surface area contributed by atoms with Crippen LogP contribution in [0.15, 0.2) is 92.0 Å². The Morgan fingerprint density at radius 1 is 0.800 bits per heavy atom. The third-order valence-electron chi connectivity index (χ3n) is 5.51. The number of nitrogens with zero attached hydrogens (tertiary/aromatic N) is 6. The number of hydrogen-bond acceptors (Lipinski definition) is 8. The van der Waals surface area contributed by atoms with E-state index >= 15 is 0 Å². The zero-order chi connectivity index (χ0) is 23.6. The largest absolute Gasteiger partial charge is 0.353 e. The van der Waals surface area contributed by atoms with E-state index in [0.717, 1.165) is 44.4 Å². The molecule has 9 nitrogen and oxygen atoms in total. The Bertz CT molecular complexity index is 1680. The molecule has 0 aliphatic rings. The Labute approximate surface area is 200 Å². The molecule has 35 heavy (non-hydrogen) atoms. The monoisotopic (exact) mass is 457 g/mol. The summed E-state index contributed by atoms with van der Waals surface area (Å²) >= 11 is 0. The molecule has 0 atom stereocenters. The number of aromatic nitrogens is 7. The maximum Gasteiger partial charge on any atom is 0.161 e. The average Bonchev–Trinajstić information content (AvgIpc) is 3.37. The van der Waals surface area contributed by atoms with E-state index < -0.39 is 0 Å². The van der Waals surface area contributed by atoms with Crippen molar-refractivity contribution in [3.05, 3.63) is 97.7 Å². The minimum atomic E-state index is 0.605. The van der Waals surface area contributed by atoms with Crippen molar-refractivity contribution < 1.29 is 0 Å². The highest BCUT2D eigenvalue weighted by atomic mass is 15.1. The molecule has 9 heteroatoms. The molecule has 0 unspecified atom stereocenters. The van der Waals surface area contributed by atoms with Crippen molar-refractivity contribution >= 4 is 44.7 Å². The number of hydrogen-bond donors (Lipinski definition) is 3. The number of H-pyrrole nitrogens is 1. The van der Waals surface area contributed by atoms with E-state index in [0.29, 0.717) is 17.3 Å². The topological polar surface area (TPSA) is 117 Å². The van der Waals surface area contributed by atoms with Gasteiger partial charge in [-0.15, -0.1) is 0 Å². The van der Waals surface area contributed by atoms with Gasteiger partial charge in [0, 0.05) is 28.2 Å². The number of anilines is 3. The van der Waals surface area contributed by atoms with Crippen LogP contribution >= 0.6 is 0 Å². The van der Waals surface area contributed by atoms with E-state index in [1.807, 2.05) is 60.7 Å². The first-order chi connectivity index (χ1) is 17.2. The molecule has 0 radical (unpaired) electrons. The quantitative estimate of drug-likeness (QED) is 0.313. The van der Waals surface area contributed by atoms with Crippen LogP contribution in [0.25, 0.3) is 38.9 Å². The van der Waals surface area contributed by atoms with Crippen LogP contribution in [0, 0.1) is 0 Å². The second kappa shape index (κ2) is 8.64. The van der Waals surface area contributed by atoms with E-state index in [1.54, 1.807) is 24.8 Å². The molecule has 3 N–H and O–H groups in total. The van der Waals surface area contributed by atoms with Gasteiger partial charge in [0.15, 0.2) is 5.82 Å². The maximum atomic E-state index is 4.79. The van der Waals surface area contributed by atoms with Crippen molar-refractivity contribution in [1.29, 1.82) is 0 Å². The molecule has 4 heterocycles. The molecule has 0 spiro atoms. The average molecular weight is 458 g/mol. The Hall–Kier alpha value is -5.18. The molecular formula is C26H19N9. The second-order valence-corrected chi connectivity index (χ2v) is 7.90. The van der Waals surface area contributed by atoms with Crippen molar-refractivity contribution in [2.24, 2.45) is 0 Å². The molecule has 0 amide bonds. The summed E-state index contributed by atoms with van der Waals surface area (Å²) in [6.07, 6.45) is 6.79. The van der Waals surface area contributed by atoms with Gasteiger partial charge in [-0.25, -0.2) is 15.0 Å². The lowest BCUT2D eigenvalue weighted by atomic mass is 10.1. The Kier molecular flexibility index (Phi) is 5.04. The molecule has 0 aliphatic heterocycles. The minimum absolute atomic E-state index is 0.605. The Morgan fingerprint density at radius 3 is 2.66 bits per heavy atom. The predicted octanol–water partition coefficient (Wildman–Crippen LogP) is 5.18. The zero-order valence-corrected chi connectivity index (χ0v) is 18.5. The SMILES string of the molecule is C=C(Nc1ccnnc1)c1ccc2ccc(-c3nccc(Nc4ccc5[nH]ncc5c4)n3)cc2n1. The van der Waals surface area contributed by atoms with Crippen LogP contribution in [0.5, 0.6) is 0 Å². The molecular weight excluding hydrogens is 438 g/mol. The van der Waals surface area contributed by atoms with E-state index in [1.165, 1.54) is 0 Å². The van der Waals surface area contributed by atoms with E-state index in [4.69, 9.17) is 9.97 Å². The molecule has 168 valence electrons. The van der Waals surface area contributed by atoms with Gasteiger partial charge in [-0.3, -0.25) is 5.10 Å². The fourth-order valence-corrected chi connectivity index (χ4v) is 3.76. The normalized spacial score (nSPS) is 11.0. The summed E-state index contributed by atoms with van der Waals surface area (Å²) in [5.41, 5.74) is 5.79. The van der Waals surface area contributed by atoms with Gasteiger partial charge in [0.25, 0.3) is 0 Å². The van der Waals surface area contributed by atoms with E-state index in [-0.39, 0.29) is 0 Å². The smallest absolute Gasteiger partial charge is 0.161 e. The highest BCUT2D eigenvalue weighted by Gasteiger charge is 2.08. The number of rotatable bonds is 6. The minimum Gasteiger partial charge on any atom is -0.353 e. The van der Waals surface area contributed by atoms with Crippen LogP contribution in [0.4, 0.5) is 17.2 Å². The highest BCUT2D eigenvalue weighted by Crippen LogP contribution is 2.25. The summed E-state index contributed by atoms with van der Waals surface area (Å²) in [5.74, 6) is 1.30. The third-order valence-corrected chi connectivity index (χ3v) is 5.51. The summed E-state index contributed by atoms with van der Waals surface area (Å²) < 4.78 is 0. The van der Waals surface area contributed by atoms with E-state index in [9.17, 15) is 0 Å². The van der Waals surface area contributed by atoms with Crippen LogP contribution in [0.1, 0.15) is 5.69 Å². The zero-order valence-electron chi connectivity index (χ0n) is 18.5. The number of benzene rings is 2. The van der Waals surface area contributed by atoms with Crippen LogP contribution in [0.3, 0.4) is 0 Å². The molecule has 0 saturated carbocycles. The number of pyridine rings is 1. The third kappa shape index (κ3) is 4.25. The molecule has 0 aliphatic carbocycles. The number of aromatic amines is 1. The van der Waals surface area contributed by atoms with Crippen LogP contribution < -0.4 is 10.6 Å². The van der Waals surface area contributed by atoms with Crippen LogP contribution in [-0.2, 0) is 0 Å². The lowest BCUT2D eigenvalue weighted by molar-refractivity contribution is 1.03. The highest BCUT2D eigenvalue weighted by molar-refractivity contribution is 5.86. The Balaban J connectivity index is 1.27. The molecule has 0 bridgehead atoms. The number of fused-ring (bicyclic) bond motifs is 2. The van der Waals surface area contributed by atoms with Crippen LogP contribution in [0.2, 0.25) is 0 Å². The van der Waals surface area contributed by atoms with Gasteiger partial charge in [-0.1, -0.05) is 24.8 Å². The summed E-state index contributed by atoms with van der Waals surface area (Å²) in [6, 6.07) is 19.6. The molecule has 0 saturated heterocycles. The summed E-state index contributed by atoms with van der Waals surface area (Å²) in [6.45, 7) is 4.11. The first kappa shape index (κ1) is 20.4. The van der Waals surface area contributed by atoms with Gasteiger partial charge in [-0.2, -0.15) is 15.3 Å². The lowest BCUT2D eigenvalue weighted by Gasteiger charge is -2.10. The lowest BCUT2D eigenvalue weighted by Crippen LogP contribution is -2.00. The first-order valence-electron chi connectivity index (χ1n) is 10.9. The fraction of sp³-hybridized carbons (Fsp3) is 0. The molecule has 2 aromatic carbocycles. The standard InChI is InChI=1S/C26H19N9/c1-16(31-21-8-11-28-29-15-21)22-6-4-17-2-3-18(13-24(17)33-22)26-27-10-9-25(34-26)32-20-5-7-23-19(12-20)14-30-35-23/h2-15H,1H2,(H,28,31)(H,30,35)(H,27,32,34). The van der Waals surface area contributed by atoms with Crippen molar-refractivity contribution in [1.82, 2.24) is 35.3 Å². The van der Waals surface area contributed by atoms with Gasteiger partial charge < -0.3 is 10.6 Å². The summed E-state index contributed by atoms with van der Waals surface area (Å²) in [7, 11) is 0. The Morgan fingerprint density at radius 2 is 1.74 bits per heavy atom.